The molecule has 0 saturated carbocycles. The summed E-state index contributed by atoms with van der Waals surface area (Å²) in [5.74, 6) is -0.426. The van der Waals surface area contributed by atoms with Crippen LogP contribution in [0.2, 0.25) is 0 Å². The van der Waals surface area contributed by atoms with E-state index in [2.05, 4.69) is 30.9 Å². The van der Waals surface area contributed by atoms with Crippen LogP contribution < -0.4 is 20.7 Å². The number of nitrogens with zero attached hydrogens (tertiary/aromatic N) is 3. The molecule has 1 saturated heterocycles. The van der Waals surface area contributed by atoms with Gasteiger partial charge in [-0.3, -0.25) is 4.79 Å². The Morgan fingerprint density at radius 1 is 1.35 bits per heavy atom. The fraction of sp³-hybridized carbons (Fsp3) is 0.636. The molecule has 2 rings (SSSR count). The molecule has 0 aliphatic carbocycles. The Morgan fingerprint density at radius 2 is 2.05 bits per heavy atom. The first-order valence-corrected chi connectivity index (χ1v) is 6.40. The van der Waals surface area contributed by atoms with Crippen molar-refractivity contribution in [2.75, 3.05) is 37.4 Å². The molecular formula is C11H18N6O3. The SMILES string of the molecule is COc1nc(NCC(=O)O)nc(NC2CCNCC2)n1. The molecule has 0 spiro atoms. The lowest BCUT2D eigenvalue weighted by Crippen LogP contribution is -2.35. The Bertz CT molecular complexity index is 463. The van der Waals surface area contributed by atoms with E-state index in [9.17, 15) is 4.79 Å². The molecule has 0 amide bonds. The summed E-state index contributed by atoms with van der Waals surface area (Å²) in [4.78, 5) is 22.7. The van der Waals surface area contributed by atoms with Gasteiger partial charge in [0.25, 0.3) is 0 Å². The molecule has 0 aromatic carbocycles. The van der Waals surface area contributed by atoms with Gasteiger partial charge >= 0.3 is 12.0 Å². The second kappa shape index (κ2) is 6.85. The van der Waals surface area contributed by atoms with Crippen LogP contribution in [-0.4, -0.2) is 58.8 Å². The largest absolute Gasteiger partial charge is 0.480 e. The molecule has 9 nitrogen and oxygen atoms in total. The number of nitrogens with one attached hydrogen (secondary N) is 3. The average molecular weight is 282 g/mol. The number of rotatable bonds is 6. The Morgan fingerprint density at radius 3 is 2.70 bits per heavy atom. The predicted molar refractivity (Wildman–Crippen MR) is 72.0 cm³/mol. The van der Waals surface area contributed by atoms with Gasteiger partial charge in [-0.15, -0.1) is 0 Å². The average Bonchev–Trinajstić information content (AvgIpc) is 2.46. The highest BCUT2D eigenvalue weighted by atomic mass is 16.5. The number of piperidine rings is 1. The summed E-state index contributed by atoms with van der Waals surface area (Å²) in [6, 6.07) is 0.431. The number of ether oxygens (including phenoxy) is 1. The third kappa shape index (κ3) is 4.19. The molecule has 9 heteroatoms. The van der Waals surface area contributed by atoms with Crippen LogP contribution in [0.3, 0.4) is 0 Å². The highest BCUT2D eigenvalue weighted by molar-refractivity contribution is 5.71. The molecule has 1 aromatic rings. The van der Waals surface area contributed by atoms with Crippen LogP contribution in [0.1, 0.15) is 12.8 Å². The second-order valence-electron chi connectivity index (χ2n) is 4.39. The van der Waals surface area contributed by atoms with Crippen molar-refractivity contribution < 1.29 is 14.6 Å². The number of carbonyl (C=O) groups is 1. The van der Waals surface area contributed by atoms with Crippen molar-refractivity contribution in [3.63, 3.8) is 0 Å². The van der Waals surface area contributed by atoms with Crippen LogP contribution >= 0.6 is 0 Å². The smallest absolute Gasteiger partial charge is 0.322 e. The van der Waals surface area contributed by atoms with Crippen molar-refractivity contribution in [3.05, 3.63) is 0 Å². The lowest BCUT2D eigenvalue weighted by Gasteiger charge is -2.23. The van der Waals surface area contributed by atoms with Gasteiger partial charge in [0, 0.05) is 6.04 Å². The molecule has 0 bridgehead atoms. The lowest BCUT2D eigenvalue weighted by atomic mass is 10.1. The standard InChI is InChI=1S/C11H18N6O3/c1-20-11-16-9(13-6-8(18)19)15-10(17-11)14-7-2-4-12-5-3-7/h7,12H,2-6H2,1H3,(H,18,19)(H2,13,14,15,16,17). The van der Waals surface area contributed by atoms with E-state index in [1.54, 1.807) is 0 Å². The van der Waals surface area contributed by atoms with Gasteiger partial charge in [0.1, 0.15) is 6.54 Å². The highest BCUT2D eigenvalue weighted by Gasteiger charge is 2.15. The van der Waals surface area contributed by atoms with Crippen molar-refractivity contribution in [2.24, 2.45) is 0 Å². The predicted octanol–water partition coefficient (Wildman–Crippen LogP) is -0.459. The van der Waals surface area contributed by atoms with E-state index in [4.69, 9.17) is 9.84 Å². The molecule has 110 valence electrons. The summed E-state index contributed by atoms with van der Waals surface area (Å²) in [5.41, 5.74) is 0. The summed E-state index contributed by atoms with van der Waals surface area (Å²) in [6.45, 7) is 1.63. The quantitative estimate of drug-likeness (QED) is 0.549. The van der Waals surface area contributed by atoms with E-state index in [0.717, 1.165) is 25.9 Å². The topological polar surface area (TPSA) is 121 Å². The number of hydrogen-bond donors (Lipinski definition) is 4. The van der Waals surface area contributed by atoms with Crippen LogP contribution in [0, 0.1) is 0 Å². The molecule has 1 fully saturated rings. The molecule has 0 radical (unpaired) electrons. The minimum atomic E-state index is -0.989. The summed E-state index contributed by atoms with van der Waals surface area (Å²) < 4.78 is 4.99. The molecule has 1 aliphatic rings. The molecule has 0 unspecified atom stereocenters. The van der Waals surface area contributed by atoms with Gasteiger partial charge in [0.2, 0.25) is 11.9 Å². The number of aliphatic carboxylic acids is 1. The number of aromatic nitrogens is 3. The Balaban J connectivity index is 2.06. The summed E-state index contributed by atoms with van der Waals surface area (Å²) in [5, 5.41) is 17.7. The van der Waals surface area contributed by atoms with E-state index >= 15 is 0 Å². The number of methoxy groups -OCH3 is 1. The molecule has 1 aliphatic heterocycles. The van der Waals surface area contributed by atoms with Crippen molar-refractivity contribution >= 4 is 17.9 Å². The van der Waals surface area contributed by atoms with Gasteiger partial charge < -0.3 is 25.8 Å². The van der Waals surface area contributed by atoms with Gasteiger partial charge in [-0.2, -0.15) is 15.0 Å². The first kappa shape index (κ1) is 14.3. The van der Waals surface area contributed by atoms with Crippen LogP contribution in [0.25, 0.3) is 0 Å². The molecule has 2 heterocycles. The maximum atomic E-state index is 10.5. The molecule has 20 heavy (non-hydrogen) atoms. The number of carboxylic acids is 1. The van der Waals surface area contributed by atoms with Crippen molar-refractivity contribution in [3.8, 4) is 6.01 Å². The third-order valence-electron chi connectivity index (χ3n) is 2.87. The normalized spacial score (nSPS) is 15.7. The highest BCUT2D eigenvalue weighted by Crippen LogP contribution is 2.14. The monoisotopic (exact) mass is 282 g/mol. The summed E-state index contributed by atoms with van der Waals surface area (Å²) in [7, 11) is 1.45. The van der Waals surface area contributed by atoms with Gasteiger partial charge in [-0.05, 0) is 25.9 Å². The van der Waals surface area contributed by atoms with Gasteiger partial charge in [-0.25, -0.2) is 0 Å². The van der Waals surface area contributed by atoms with Crippen LogP contribution in [0.5, 0.6) is 6.01 Å². The molecular weight excluding hydrogens is 264 g/mol. The van der Waals surface area contributed by atoms with Gasteiger partial charge in [-0.1, -0.05) is 0 Å². The Hall–Kier alpha value is -2.16. The fourth-order valence-corrected chi connectivity index (χ4v) is 1.89. The molecule has 4 N–H and O–H groups in total. The van der Waals surface area contributed by atoms with Crippen molar-refractivity contribution in [2.45, 2.75) is 18.9 Å². The van der Waals surface area contributed by atoms with Crippen LogP contribution in [0.4, 0.5) is 11.9 Å². The first-order chi connectivity index (χ1) is 9.67. The zero-order chi connectivity index (χ0) is 14.4. The number of carboxylic acid groups (broad SMARTS) is 1. The van der Waals surface area contributed by atoms with Gasteiger partial charge in [0.15, 0.2) is 0 Å². The van der Waals surface area contributed by atoms with E-state index in [1.165, 1.54) is 7.11 Å². The third-order valence-corrected chi connectivity index (χ3v) is 2.87. The summed E-state index contributed by atoms with van der Waals surface area (Å²) >= 11 is 0. The first-order valence-electron chi connectivity index (χ1n) is 6.40. The molecule has 0 atom stereocenters. The minimum absolute atomic E-state index is 0.143. The maximum absolute atomic E-state index is 10.5. The van der Waals surface area contributed by atoms with Gasteiger partial charge in [0.05, 0.1) is 7.11 Å². The zero-order valence-electron chi connectivity index (χ0n) is 11.2. The van der Waals surface area contributed by atoms with Crippen molar-refractivity contribution in [1.82, 2.24) is 20.3 Å². The van der Waals surface area contributed by atoms with Crippen molar-refractivity contribution in [1.29, 1.82) is 0 Å². The molecule has 1 aromatic heterocycles. The minimum Gasteiger partial charge on any atom is -0.480 e. The Kier molecular flexibility index (Phi) is 4.88. The van der Waals surface area contributed by atoms with E-state index in [1.807, 2.05) is 0 Å². The summed E-state index contributed by atoms with van der Waals surface area (Å²) in [6.07, 6.45) is 1.96. The Labute approximate surface area is 116 Å². The number of hydrogen-bond acceptors (Lipinski definition) is 8. The van der Waals surface area contributed by atoms with Crippen LogP contribution in [-0.2, 0) is 4.79 Å². The lowest BCUT2D eigenvalue weighted by molar-refractivity contribution is -0.134. The van der Waals surface area contributed by atoms with E-state index in [-0.39, 0.29) is 24.5 Å². The second-order valence-corrected chi connectivity index (χ2v) is 4.39. The van der Waals surface area contributed by atoms with Crippen LogP contribution in [0.15, 0.2) is 0 Å². The number of anilines is 2. The maximum Gasteiger partial charge on any atom is 0.322 e. The van der Waals surface area contributed by atoms with E-state index < -0.39 is 5.97 Å². The van der Waals surface area contributed by atoms with E-state index in [0.29, 0.717) is 5.95 Å². The zero-order valence-corrected chi connectivity index (χ0v) is 11.2. The fourth-order valence-electron chi connectivity index (χ4n) is 1.89.